The van der Waals surface area contributed by atoms with E-state index in [0.717, 1.165) is 43.4 Å². The fourth-order valence-electron chi connectivity index (χ4n) is 4.44. The number of benzene rings is 5. The Labute approximate surface area is 224 Å². The predicted molar refractivity (Wildman–Crippen MR) is 155 cm³/mol. The van der Waals surface area contributed by atoms with Gasteiger partial charge < -0.3 is 0 Å². The van der Waals surface area contributed by atoms with Crippen LogP contribution in [-0.4, -0.2) is 15.0 Å². The SMILES string of the molecule is Brc1ccc(-c2nc(-c3ccccc3-c3ccccc3)nc(-c3ccccc3-c3ccccc3)n2)cc1. The van der Waals surface area contributed by atoms with Gasteiger partial charge in [0.1, 0.15) is 0 Å². The molecular weight excluding hydrogens is 518 g/mol. The summed E-state index contributed by atoms with van der Waals surface area (Å²) in [4.78, 5) is 15.0. The number of halogens is 1. The lowest BCUT2D eigenvalue weighted by atomic mass is 9.98. The van der Waals surface area contributed by atoms with E-state index >= 15 is 0 Å². The lowest BCUT2D eigenvalue weighted by molar-refractivity contribution is 1.07. The highest BCUT2D eigenvalue weighted by Crippen LogP contribution is 2.35. The molecule has 5 aromatic carbocycles. The summed E-state index contributed by atoms with van der Waals surface area (Å²) in [6.07, 6.45) is 0. The Bertz CT molecular complexity index is 1560. The average molecular weight is 540 g/mol. The van der Waals surface area contributed by atoms with E-state index in [0.29, 0.717) is 17.5 Å². The molecule has 176 valence electrons. The van der Waals surface area contributed by atoms with Gasteiger partial charge in [0.25, 0.3) is 0 Å². The van der Waals surface area contributed by atoms with Gasteiger partial charge in [-0.15, -0.1) is 0 Å². The monoisotopic (exact) mass is 539 g/mol. The number of nitrogens with zero attached hydrogens (tertiary/aromatic N) is 3. The molecule has 6 aromatic rings. The standard InChI is InChI=1S/C33H22BrN3/c34-26-21-19-25(20-22-26)31-35-32(29-17-9-7-15-27(29)23-11-3-1-4-12-23)37-33(36-31)30-18-10-8-16-28(30)24-13-5-2-6-14-24/h1-22H. The molecule has 0 aliphatic heterocycles. The highest BCUT2D eigenvalue weighted by molar-refractivity contribution is 9.10. The van der Waals surface area contributed by atoms with Crippen LogP contribution in [0, 0.1) is 0 Å². The van der Waals surface area contributed by atoms with Gasteiger partial charge in [-0.2, -0.15) is 0 Å². The zero-order valence-electron chi connectivity index (χ0n) is 19.9. The molecule has 0 saturated carbocycles. The van der Waals surface area contributed by atoms with E-state index in [4.69, 9.17) is 15.0 Å². The summed E-state index contributed by atoms with van der Waals surface area (Å²) < 4.78 is 1.01. The van der Waals surface area contributed by atoms with Gasteiger partial charge in [-0.3, -0.25) is 0 Å². The zero-order chi connectivity index (χ0) is 25.0. The first-order valence-corrected chi connectivity index (χ1v) is 12.9. The summed E-state index contributed by atoms with van der Waals surface area (Å²) >= 11 is 3.54. The van der Waals surface area contributed by atoms with Crippen molar-refractivity contribution < 1.29 is 0 Å². The molecule has 0 fully saturated rings. The third-order valence-electron chi connectivity index (χ3n) is 6.24. The van der Waals surface area contributed by atoms with E-state index in [1.54, 1.807) is 0 Å². The minimum atomic E-state index is 0.637. The Hall–Kier alpha value is -4.41. The molecule has 0 N–H and O–H groups in total. The highest BCUT2D eigenvalue weighted by Gasteiger charge is 2.17. The molecule has 1 heterocycles. The molecule has 0 aliphatic carbocycles. The van der Waals surface area contributed by atoms with Gasteiger partial charge in [0, 0.05) is 21.2 Å². The van der Waals surface area contributed by atoms with Crippen LogP contribution in [0.2, 0.25) is 0 Å². The van der Waals surface area contributed by atoms with Crippen LogP contribution >= 0.6 is 15.9 Å². The van der Waals surface area contributed by atoms with Crippen molar-refractivity contribution in [2.45, 2.75) is 0 Å². The Morgan fingerprint density at radius 1 is 0.324 bits per heavy atom. The Morgan fingerprint density at radius 2 is 0.703 bits per heavy atom. The molecule has 0 atom stereocenters. The lowest BCUT2D eigenvalue weighted by Crippen LogP contribution is -2.02. The predicted octanol–water partition coefficient (Wildman–Crippen LogP) is 8.97. The number of rotatable bonds is 5. The highest BCUT2D eigenvalue weighted by atomic mass is 79.9. The van der Waals surface area contributed by atoms with Crippen molar-refractivity contribution in [2.75, 3.05) is 0 Å². The molecule has 0 saturated heterocycles. The quantitative estimate of drug-likeness (QED) is 0.219. The number of aromatic nitrogens is 3. The van der Waals surface area contributed by atoms with E-state index in [1.807, 2.05) is 84.9 Å². The third-order valence-corrected chi connectivity index (χ3v) is 6.77. The van der Waals surface area contributed by atoms with Gasteiger partial charge >= 0.3 is 0 Å². The van der Waals surface area contributed by atoms with Gasteiger partial charge in [-0.25, -0.2) is 15.0 Å². The second-order valence-corrected chi connectivity index (χ2v) is 9.55. The Morgan fingerprint density at radius 3 is 1.16 bits per heavy atom. The van der Waals surface area contributed by atoms with Gasteiger partial charge in [0.15, 0.2) is 17.5 Å². The Balaban J connectivity index is 1.59. The Kier molecular flexibility index (Phi) is 6.40. The van der Waals surface area contributed by atoms with Gasteiger partial charge in [0.2, 0.25) is 0 Å². The summed E-state index contributed by atoms with van der Waals surface area (Å²) in [5.74, 6) is 1.92. The zero-order valence-corrected chi connectivity index (χ0v) is 21.5. The molecule has 4 heteroatoms. The first-order chi connectivity index (χ1) is 18.3. The summed E-state index contributed by atoms with van der Waals surface area (Å²) in [6.45, 7) is 0. The minimum Gasteiger partial charge on any atom is -0.208 e. The van der Waals surface area contributed by atoms with Gasteiger partial charge in [-0.1, -0.05) is 137 Å². The fourth-order valence-corrected chi connectivity index (χ4v) is 4.70. The molecular formula is C33H22BrN3. The lowest BCUT2D eigenvalue weighted by Gasteiger charge is -2.14. The van der Waals surface area contributed by atoms with Crippen LogP contribution < -0.4 is 0 Å². The molecule has 0 spiro atoms. The van der Waals surface area contributed by atoms with E-state index in [-0.39, 0.29) is 0 Å². The smallest absolute Gasteiger partial charge is 0.164 e. The van der Waals surface area contributed by atoms with E-state index < -0.39 is 0 Å². The van der Waals surface area contributed by atoms with Crippen molar-refractivity contribution in [3.05, 3.63) is 138 Å². The van der Waals surface area contributed by atoms with Crippen molar-refractivity contribution in [1.29, 1.82) is 0 Å². The first-order valence-electron chi connectivity index (χ1n) is 12.1. The van der Waals surface area contributed by atoms with Crippen LogP contribution in [0.1, 0.15) is 0 Å². The molecule has 6 rings (SSSR count). The third kappa shape index (κ3) is 4.84. The minimum absolute atomic E-state index is 0.637. The van der Waals surface area contributed by atoms with Crippen LogP contribution in [0.15, 0.2) is 138 Å². The van der Waals surface area contributed by atoms with Crippen molar-refractivity contribution >= 4 is 15.9 Å². The maximum absolute atomic E-state index is 5.06. The number of hydrogen-bond donors (Lipinski definition) is 0. The van der Waals surface area contributed by atoms with Gasteiger partial charge in [0.05, 0.1) is 0 Å². The molecule has 0 unspecified atom stereocenters. The maximum Gasteiger partial charge on any atom is 0.164 e. The van der Waals surface area contributed by atoms with E-state index in [1.165, 1.54) is 0 Å². The van der Waals surface area contributed by atoms with Crippen molar-refractivity contribution in [1.82, 2.24) is 15.0 Å². The van der Waals surface area contributed by atoms with Crippen LogP contribution in [0.3, 0.4) is 0 Å². The molecule has 0 bridgehead atoms. The van der Waals surface area contributed by atoms with Crippen LogP contribution in [0.25, 0.3) is 56.4 Å². The molecule has 0 amide bonds. The summed E-state index contributed by atoms with van der Waals surface area (Å²) in [6, 6.07) is 45.3. The molecule has 0 radical (unpaired) electrons. The summed E-state index contributed by atoms with van der Waals surface area (Å²) in [5.41, 5.74) is 7.27. The summed E-state index contributed by atoms with van der Waals surface area (Å²) in [7, 11) is 0. The van der Waals surface area contributed by atoms with Crippen molar-refractivity contribution in [3.63, 3.8) is 0 Å². The fraction of sp³-hybridized carbons (Fsp3) is 0. The van der Waals surface area contributed by atoms with Crippen molar-refractivity contribution in [3.8, 4) is 56.4 Å². The molecule has 3 nitrogen and oxygen atoms in total. The summed E-state index contributed by atoms with van der Waals surface area (Å²) in [5, 5.41) is 0. The van der Waals surface area contributed by atoms with Crippen LogP contribution in [0.4, 0.5) is 0 Å². The second kappa shape index (κ2) is 10.3. The maximum atomic E-state index is 5.06. The number of hydrogen-bond acceptors (Lipinski definition) is 3. The van der Waals surface area contributed by atoms with Crippen LogP contribution in [-0.2, 0) is 0 Å². The first kappa shape index (κ1) is 23.0. The average Bonchev–Trinajstić information content (AvgIpc) is 2.98. The largest absolute Gasteiger partial charge is 0.208 e. The second-order valence-electron chi connectivity index (χ2n) is 8.64. The molecule has 0 aliphatic rings. The molecule has 37 heavy (non-hydrogen) atoms. The normalized spacial score (nSPS) is 10.8. The van der Waals surface area contributed by atoms with E-state index in [9.17, 15) is 0 Å². The van der Waals surface area contributed by atoms with E-state index in [2.05, 4.69) is 64.5 Å². The van der Waals surface area contributed by atoms with Gasteiger partial charge in [-0.05, 0) is 34.4 Å². The topological polar surface area (TPSA) is 38.7 Å². The van der Waals surface area contributed by atoms with Crippen molar-refractivity contribution in [2.24, 2.45) is 0 Å². The van der Waals surface area contributed by atoms with Crippen LogP contribution in [0.5, 0.6) is 0 Å². The molecule has 1 aromatic heterocycles.